The lowest BCUT2D eigenvalue weighted by Crippen LogP contribution is -2.45. The summed E-state index contributed by atoms with van der Waals surface area (Å²) in [6.07, 6.45) is 1.18. The quantitative estimate of drug-likeness (QED) is 0.835. The molecule has 0 aromatic heterocycles. The van der Waals surface area contributed by atoms with E-state index in [0.717, 1.165) is 26.2 Å². The molecule has 2 aromatic carbocycles. The van der Waals surface area contributed by atoms with Gasteiger partial charge < -0.3 is 9.47 Å². The Hall–Kier alpha value is -1.64. The van der Waals surface area contributed by atoms with Gasteiger partial charge in [-0.05, 0) is 28.7 Å². The third kappa shape index (κ3) is 2.02. The van der Waals surface area contributed by atoms with Crippen molar-refractivity contribution in [3.8, 4) is 11.1 Å². The van der Waals surface area contributed by atoms with Gasteiger partial charge in [-0.15, -0.1) is 0 Å². The monoisotopic (exact) mass is 280 g/mol. The highest BCUT2D eigenvalue weighted by atomic mass is 16.5. The third-order valence-electron chi connectivity index (χ3n) is 4.90. The second kappa shape index (κ2) is 4.97. The van der Waals surface area contributed by atoms with E-state index >= 15 is 0 Å². The number of fused-ring (bicyclic) bond motifs is 3. The zero-order chi connectivity index (χ0) is 14.3. The maximum absolute atomic E-state index is 6.37. The Morgan fingerprint density at radius 3 is 2.05 bits per heavy atom. The fourth-order valence-corrected chi connectivity index (χ4v) is 3.33. The summed E-state index contributed by atoms with van der Waals surface area (Å²) in [6.45, 7) is 4.66. The predicted octanol–water partition coefficient (Wildman–Crippen LogP) is 4.20. The van der Waals surface area contributed by atoms with Crippen molar-refractivity contribution in [2.24, 2.45) is 5.41 Å². The van der Waals surface area contributed by atoms with E-state index in [0.29, 0.717) is 0 Å². The fourth-order valence-electron chi connectivity index (χ4n) is 3.33. The Balaban J connectivity index is 1.65. The molecule has 0 spiro atoms. The van der Waals surface area contributed by atoms with Gasteiger partial charge in [-0.3, -0.25) is 0 Å². The molecule has 2 heteroatoms. The van der Waals surface area contributed by atoms with Crippen LogP contribution in [0.25, 0.3) is 11.1 Å². The van der Waals surface area contributed by atoms with Gasteiger partial charge >= 0.3 is 0 Å². The zero-order valence-corrected chi connectivity index (χ0v) is 12.3. The molecule has 0 radical (unpaired) electrons. The highest BCUT2D eigenvalue weighted by Crippen LogP contribution is 2.46. The van der Waals surface area contributed by atoms with Crippen LogP contribution in [0.2, 0.25) is 0 Å². The lowest BCUT2D eigenvalue weighted by molar-refractivity contribution is -0.157. The molecule has 1 aliphatic heterocycles. The summed E-state index contributed by atoms with van der Waals surface area (Å²) >= 11 is 0. The molecular formula is C19H20O2. The molecule has 4 rings (SSSR count). The van der Waals surface area contributed by atoms with Crippen LogP contribution >= 0.6 is 0 Å². The molecule has 0 amide bonds. The maximum atomic E-state index is 6.37. The van der Waals surface area contributed by atoms with E-state index in [4.69, 9.17) is 9.47 Å². The van der Waals surface area contributed by atoms with Crippen LogP contribution in [0, 0.1) is 5.41 Å². The van der Waals surface area contributed by atoms with Crippen LogP contribution in [0.4, 0.5) is 0 Å². The molecule has 0 atom stereocenters. The number of hydrogen-bond acceptors (Lipinski definition) is 2. The normalized spacial score (nSPS) is 18.9. The van der Waals surface area contributed by atoms with Crippen molar-refractivity contribution in [2.45, 2.75) is 19.4 Å². The smallest absolute Gasteiger partial charge is 0.109 e. The summed E-state index contributed by atoms with van der Waals surface area (Å²) in [4.78, 5) is 0. The van der Waals surface area contributed by atoms with Gasteiger partial charge in [0.05, 0.1) is 19.8 Å². The van der Waals surface area contributed by atoms with E-state index in [-0.39, 0.29) is 11.5 Å². The summed E-state index contributed by atoms with van der Waals surface area (Å²) < 4.78 is 11.8. The topological polar surface area (TPSA) is 18.5 Å². The molecular weight excluding hydrogens is 260 g/mol. The Kier molecular flexibility index (Phi) is 3.09. The standard InChI is InChI=1S/C19H20O2/c1-2-19(11-20-12-19)13-21-18-16-9-5-3-7-14(16)15-8-4-6-10-17(15)18/h3-10,18H,2,11-13H2,1H3. The molecule has 0 unspecified atom stereocenters. The summed E-state index contributed by atoms with van der Waals surface area (Å²) in [5.41, 5.74) is 5.45. The summed E-state index contributed by atoms with van der Waals surface area (Å²) in [7, 11) is 0. The Morgan fingerprint density at radius 2 is 1.57 bits per heavy atom. The summed E-state index contributed by atoms with van der Waals surface area (Å²) in [6, 6.07) is 17.2. The van der Waals surface area contributed by atoms with E-state index in [1.807, 2.05) is 0 Å². The van der Waals surface area contributed by atoms with Gasteiger partial charge in [-0.1, -0.05) is 55.5 Å². The van der Waals surface area contributed by atoms with Crippen LogP contribution in [0.1, 0.15) is 30.6 Å². The molecule has 2 aromatic rings. The highest BCUT2D eigenvalue weighted by molar-refractivity contribution is 5.78. The molecule has 1 heterocycles. The summed E-state index contributed by atoms with van der Waals surface area (Å²) in [5, 5.41) is 0. The molecule has 1 fully saturated rings. The van der Waals surface area contributed by atoms with Gasteiger partial charge in [0, 0.05) is 5.41 Å². The van der Waals surface area contributed by atoms with Crippen molar-refractivity contribution in [3.63, 3.8) is 0 Å². The lowest BCUT2D eigenvalue weighted by Gasteiger charge is -2.41. The number of hydrogen-bond donors (Lipinski definition) is 0. The molecule has 0 N–H and O–H groups in total. The lowest BCUT2D eigenvalue weighted by atomic mass is 9.84. The molecule has 1 aliphatic carbocycles. The first-order chi connectivity index (χ1) is 10.3. The molecule has 2 nitrogen and oxygen atoms in total. The minimum atomic E-state index is 0.0708. The second-order valence-electron chi connectivity index (χ2n) is 6.21. The Labute approximate surface area is 125 Å². The van der Waals surface area contributed by atoms with Crippen LogP contribution in [0.3, 0.4) is 0 Å². The molecule has 108 valence electrons. The predicted molar refractivity (Wildman–Crippen MR) is 83.2 cm³/mol. The van der Waals surface area contributed by atoms with E-state index < -0.39 is 0 Å². The molecule has 2 aliphatic rings. The Bertz CT molecular complexity index is 607. The van der Waals surface area contributed by atoms with Crippen molar-refractivity contribution >= 4 is 0 Å². The van der Waals surface area contributed by atoms with Gasteiger partial charge in [-0.25, -0.2) is 0 Å². The van der Waals surface area contributed by atoms with Crippen molar-refractivity contribution in [3.05, 3.63) is 59.7 Å². The summed E-state index contributed by atoms with van der Waals surface area (Å²) in [5.74, 6) is 0. The van der Waals surface area contributed by atoms with Gasteiger partial charge in [0.15, 0.2) is 0 Å². The highest BCUT2D eigenvalue weighted by Gasteiger charge is 2.39. The average Bonchev–Trinajstić information content (AvgIpc) is 2.81. The molecule has 0 saturated carbocycles. The first-order valence-electron chi connectivity index (χ1n) is 7.71. The van der Waals surface area contributed by atoms with Crippen LogP contribution < -0.4 is 0 Å². The van der Waals surface area contributed by atoms with E-state index in [1.54, 1.807) is 0 Å². The third-order valence-corrected chi connectivity index (χ3v) is 4.90. The molecule has 1 saturated heterocycles. The van der Waals surface area contributed by atoms with E-state index in [9.17, 15) is 0 Å². The van der Waals surface area contributed by atoms with Crippen molar-refractivity contribution in [1.29, 1.82) is 0 Å². The van der Waals surface area contributed by atoms with E-state index in [1.165, 1.54) is 22.3 Å². The first kappa shape index (κ1) is 13.1. The molecule has 0 bridgehead atoms. The van der Waals surface area contributed by atoms with Crippen molar-refractivity contribution < 1.29 is 9.47 Å². The molecule has 21 heavy (non-hydrogen) atoms. The van der Waals surface area contributed by atoms with Crippen LogP contribution in [-0.4, -0.2) is 19.8 Å². The van der Waals surface area contributed by atoms with Gasteiger partial charge in [0.25, 0.3) is 0 Å². The average molecular weight is 280 g/mol. The van der Waals surface area contributed by atoms with Gasteiger partial charge in [0.2, 0.25) is 0 Å². The number of rotatable bonds is 4. The SMILES string of the molecule is CCC1(COC2c3ccccc3-c3ccccc32)COC1. The van der Waals surface area contributed by atoms with Crippen molar-refractivity contribution in [1.82, 2.24) is 0 Å². The maximum Gasteiger partial charge on any atom is 0.109 e. The van der Waals surface area contributed by atoms with Crippen LogP contribution in [-0.2, 0) is 9.47 Å². The largest absolute Gasteiger partial charge is 0.380 e. The van der Waals surface area contributed by atoms with Crippen LogP contribution in [0.5, 0.6) is 0 Å². The van der Waals surface area contributed by atoms with Crippen LogP contribution in [0.15, 0.2) is 48.5 Å². The minimum absolute atomic E-state index is 0.0708. The Morgan fingerprint density at radius 1 is 1.00 bits per heavy atom. The number of ether oxygens (including phenoxy) is 2. The van der Waals surface area contributed by atoms with Gasteiger partial charge in [-0.2, -0.15) is 0 Å². The van der Waals surface area contributed by atoms with Crippen molar-refractivity contribution in [2.75, 3.05) is 19.8 Å². The minimum Gasteiger partial charge on any atom is -0.380 e. The first-order valence-corrected chi connectivity index (χ1v) is 7.71. The fraction of sp³-hybridized carbons (Fsp3) is 0.368. The zero-order valence-electron chi connectivity index (χ0n) is 12.3. The van der Waals surface area contributed by atoms with Gasteiger partial charge in [0.1, 0.15) is 6.10 Å². The second-order valence-corrected chi connectivity index (χ2v) is 6.21. The van der Waals surface area contributed by atoms with E-state index in [2.05, 4.69) is 55.5 Å². The number of benzene rings is 2.